The van der Waals surface area contributed by atoms with E-state index in [9.17, 15) is 22.8 Å². The molecule has 0 aromatic heterocycles. The highest BCUT2D eigenvalue weighted by atomic mass is 19.4. The SMILES string of the molecule is COC(=O)/C=C1/c2cc(C)ccc2N(C(=O)c2ccc(C)cc2C(F)(F)F)CCC1(F)F. The molecular weight excluding hydrogens is 433 g/mol. The van der Waals surface area contributed by atoms with Crippen molar-refractivity contribution in [1.82, 2.24) is 0 Å². The number of benzene rings is 2. The number of hydrogen-bond donors (Lipinski definition) is 0. The van der Waals surface area contributed by atoms with Crippen molar-refractivity contribution < 1.29 is 36.3 Å². The molecule has 0 bridgehead atoms. The molecule has 0 spiro atoms. The fourth-order valence-corrected chi connectivity index (χ4v) is 3.60. The summed E-state index contributed by atoms with van der Waals surface area (Å²) >= 11 is 0. The van der Waals surface area contributed by atoms with E-state index in [4.69, 9.17) is 0 Å². The van der Waals surface area contributed by atoms with Gasteiger partial charge < -0.3 is 9.64 Å². The number of rotatable bonds is 2. The molecule has 0 aliphatic carbocycles. The third-order valence-electron chi connectivity index (χ3n) is 5.20. The summed E-state index contributed by atoms with van der Waals surface area (Å²) in [6.07, 6.45) is -5.04. The van der Waals surface area contributed by atoms with E-state index >= 15 is 8.78 Å². The first-order chi connectivity index (χ1) is 14.8. The van der Waals surface area contributed by atoms with Gasteiger partial charge in [-0.05, 0) is 38.1 Å². The van der Waals surface area contributed by atoms with Crippen molar-refractivity contribution in [3.05, 3.63) is 70.3 Å². The minimum Gasteiger partial charge on any atom is -0.466 e. The van der Waals surface area contributed by atoms with Crippen LogP contribution in [0.4, 0.5) is 27.6 Å². The highest BCUT2D eigenvalue weighted by Crippen LogP contribution is 2.44. The van der Waals surface area contributed by atoms with Crippen molar-refractivity contribution in [2.75, 3.05) is 18.6 Å². The summed E-state index contributed by atoms with van der Waals surface area (Å²) in [7, 11) is 1.04. The van der Waals surface area contributed by atoms with Gasteiger partial charge in [-0.1, -0.05) is 23.3 Å². The van der Waals surface area contributed by atoms with Crippen molar-refractivity contribution in [2.45, 2.75) is 32.4 Å². The number of amides is 1. The second kappa shape index (κ2) is 8.37. The third kappa shape index (κ3) is 4.51. The van der Waals surface area contributed by atoms with Gasteiger partial charge in [-0.25, -0.2) is 13.6 Å². The van der Waals surface area contributed by atoms with Crippen LogP contribution in [-0.2, 0) is 15.7 Å². The Hall–Kier alpha value is -3.23. The van der Waals surface area contributed by atoms with Crippen LogP contribution in [0.3, 0.4) is 0 Å². The van der Waals surface area contributed by atoms with Crippen LogP contribution in [0.15, 0.2) is 42.5 Å². The lowest BCUT2D eigenvalue weighted by atomic mass is 9.95. The number of carbonyl (C=O) groups excluding carboxylic acids is 2. The molecule has 1 aliphatic rings. The van der Waals surface area contributed by atoms with E-state index in [0.717, 1.165) is 24.1 Å². The van der Waals surface area contributed by atoms with Gasteiger partial charge in [-0.3, -0.25) is 4.79 Å². The first-order valence-electron chi connectivity index (χ1n) is 9.64. The van der Waals surface area contributed by atoms with Gasteiger partial charge in [0, 0.05) is 30.2 Å². The molecule has 9 heteroatoms. The molecule has 0 atom stereocenters. The molecule has 1 amide bonds. The number of methoxy groups -OCH3 is 1. The summed E-state index contributed by atoms with van der Waals surface area (Å²) in [4.78, 5) is 25.9. The molecule has 0 N–H and O–H groups in total. The van der Waals surface area contributed by atoms with Crippen LogP contribution in [0.25, 0.3) is 5.57 Å². The lowest BCUT2D eigenvalue weighted by molar-refractivity contribution is -0.138. The van der Waals surface area contributed by atoms with Crippen molar-refractivity contribution in [3.63, 3.8) is 0 Å². The Kier molecular flexibility index (Phi) is 6.13. The lowest BCUT2D eigenvalue weighted by Crippen LogP contribution is -2.34. The maximum absolute atomic E-state index is 15.0. The van der Waals surface area contributed by atoms with Crippen LogP contribution < -0.4 is 4.90 Å². The van der Waals surface area contributed by atoms with Crippen molar-refractivity contribution in [1.29, 1.82) is 0 Å². The largest absolute Gasteiger partial charge is 0.466 e. The zero-order chi connectivity index (χ0) is 23.8. The average molecular weight is 453 g/mol. The molecular formula is C23H20F5NO3. The molecule has 0 radical (unpaired) electrons. The number of hydrogen-bond acceptors (Lipinski definition) is 3. The quantitative estimate of drug-likeness (QED) is 0.340. The van der Waals surface area contributed by atoms with Crippen LogP contribution >= 0.6 is 0 Å². The average Bonchev–Trinajstić information content (AvgIpc) is 2.81. The number of anilines is 1. The number of esters is 1. The van der Waals surface area contributed by atoms with Gasteiger partial charge in [-0.2, -0.15) is 13.2 Å². The normalized spacial score (nSPS) is 17.0. The molecule has 0 fully saturated rings. The standard InChI is InChI=1S/C23H20F5NO3/c1-13-5-7-19-16(10-13)17(12-20(30)32-3)22(24,25)8-9-29(19)21(31)15-6-4-14(2)11-18(15)23(26,27)28/h4-7,10-12H,8-9H2,1-3H3/b17-12-. The maximum atomic E-state index is 15.0. The van der Waals surface area contributed by atoms with E-state index in [0.29, 0.717) is 17.2 Å². The molecule has 170 valence electrons. The molecule has 1 heterocycles. The summed E-state index contributed by atoms with van der Waals surface area (Å²) in [5.74, 6) is -5.59. The highest BCUT2D eigenvalue weighted by Gasteiger charge is 2.43. The van der Waals surface area contributed by atoms with E-state index in [2.05, 4.69) is 4.74 Å². The van der Waals surface area contributed by atoms with Crippen LogP contribution in [0.5, 0.6) is 0 Å². The molecule has 0 saturated heterocycles. The van der Waals surface area contributed by atoms with E-state index < -0.39 is 53.6 Å². The molecule has 4 nitrogen and oxygen atoms in total. The Morgan fingerprint density at radius 3 is 2.31 bits per heavy atom. The van der Waals surface area contributed by atoms with Gasteiger partial charge in [0.05, 0.1) is 23.9 Å². The first-order valence-corrected chi connectivity index (χ1v) is 9.64. The number of fused-ring (bicyclic) bond motifs is 1. The molecule has 32 heavy (non-hydrogen) atoms. The fraction of sp³-hybridized carbons (Fsp3) is 0.304. The van der Waals surface area contributed by atoms with Crippen LogP contribution in [-0.4, -0.2) is 31.5 Å². The minimum absolute atomic E-state index is 0.0124. The molecule has 0 saturated carbocycles. The van der Waals surface area contributed by atoms with E-state index in [1.807, 2.05) is 0 Å². The summed E-state index contributed by atoms with van der Waals surface area (Å²) in [6, 6.07) is 7.55. The summed E-state index contributed by atoms with van der Waals surface area (Å²) < 4.78 is 75.3. The third-order valence-corrected chi connectivity index (χ3v) is 5.20. The Bertz CT molecular complexity index is 1110. The van der Waals surface area contributed by atoms with E-state index in [-0.39, 0.29) is 11.3 Å². The maximum Gasteiger partial charge on any atom is 0.417 e. The summed E-state index contributed by atoms with van der Waals surface area (Å²) in [5.41, 5.74) is -1.70. The minimum atomic E-state index is -4.81. The van der Waals surface area contributed by atoms with Gasteiger partial charge in [0.15, 0.2) is 0 Å². The number of nitrogens with zero attached hydrogens (tertiary/aromatic N) is 1. The van der Waals surface area contributed by atoms with Gasteiger partial charge >= 0.3 is 12.1 Å². The predicted molar refractivity (Wildman–Crippen MR) is 109 cm³/mol. The Morgan fingerprint density at radius 1 is 1.06 bits per heavy atom. The second-order valence-electron chi connectivity index (χ2n) is 7.56. The Morgan fingerprint density at radius 2 is 1.69 bits per heavy atom. The van der Waals surface area contributed by atoms with Crippen LogP contribution in [0.1, 0.15) is 39.0 Å². The summed E-state index contributed by atoms with van der Waals surface area (Å²) in [6.45, 7) is 2.54. The highest BCUT2D eigenvalue weighted by molar-refractivity contribution is 6.09. The van der Waals surface area contributed by atoms with E-state index in [1.54, 1.807) is 13.0 Å². The van der Waals surface area contributed by atoms with Crippen LogP contribution in [0.2, 0.25) is 0 Å². The van der Waals surface area contributed by atoms with Gasteiger partial charge in [0.1, 0.15) is 0 Å². The number of aryl methyl sites for hydroxylation is 2. The number of carbonyl (C=O) groups is 2. The lowest BCUT2D eigenvalue weighted by Gasteiger charge is -2.25. The predicted octanol–water partition coefficient (Wildman–Crippen LogP) is 5.56. The molecule has 2 aromatic rings. The number of halogens is 5. The smallest absolute Gasteiger partial charge is 0.417 e. The molecule has 1 aliphatic heterocycles. The first kappa shape index (κ1) is 23.4. The molecule has 0 unspecified atom stereocenters. The van der Waals surface area contributed by atoms with Crippen LogP contribution in [0, 0.1) is 13.8 Å². The number of ether oxygens (including phenoxy) is 1. The van der Waals surface area contributed by atoms with Crippen molar-refractivity contribution in [2.24, 2.45) is 0 Å². The second-order valence-corrected chi connectivity index (χ2v) is 7.56. The van der Waals surface area contributed by atoms with Gasteiger partial charge in [0.25, 0.3) is 11.8 Å². The van der Waals surface area contributed by atoms with Crippen molar-refractivity contribution in [3.8, 4) is 0 Å². The molecule has 3 rings (SSSR count). The topological polar surface area (TPSA) is 46.6 Å². The van der Waals surface area contributed by atoms with Gasteiger partial charge in [-0.15, -0.1) is 0 Å². The summed E-state index contributed by atoms with van der Waals surface area (Å²) in [5, 5.41) is 0. The van der Waals surface area contributed by atoms with E-state index in [1.165, 1.54) is 25.1 Å². The number of allylic oxidation sites excluding steroid dienone is 1. The van der Waals surface area contributed by atoms with Crippen molar-refractivity contribution >= 4 is 23.1 Å². The molecule has 2 aromatic carbocycles. The number of alkyl halides is 5. The Balaban J connectivity index is 2.22. The fourth-order valence-electron chi connectivity index (χ4n) is 3.60. The van der Waals surface area contributed by atoms with Gasteiger partial charge in [0.2, 0.25) is 0 Å². The zero-order valence-corrected chi connectivity index (χ0v) is 17.5. The zero-order valence-electron chi connectivity index (χ0n) is 17.5. The Labute approximate surface area is 181 Å². The monoisotopic (exact) mass is 453 g/mol.